The van der Waals surface area contributed by atoms with Gasteiger partial charge in [-0.2, -0.15) is 0 Å². The SMILES string of the molecule is C=CCNC(=NCc1cc(OC)c(OC)cc1OC)NCC.I. The molecule has 0 unspecified atom stereocenters. The lowest BCUT2D eigenvalue weighted by Gasteiger charge is -2.14. The van der Waals surface area contributed by atoms with Gasteiger partial charge in [0.15, 0.2) is 17.5 Å². The van der Waals surface area contributed by atoms with Gasteiger partial charge in [0, 0.05) is 24.7 Å². The highest BCUT2D eigenvalue weighted by Gasteiger charge is 2.11. The van der Waals surface area contributed by atoms with Crippen molar-refractivity contribution in [2.45, 2.75) is 13.5 Å². The minimum atomic E-state index is 0. The Labute approximate surface area is 155 Å². The minimum Gasteiger partial charge on any atom is -0.496 e. The summed E-state index contributed by atoms with van der Waals surface area (Å²) in [5.74, 6) is 2.71. The van der Waals surface area contributed by atoms with Crippen LogP contribution in [0.5, 0.6) is 17.2 Å². The number of hydrogen-bond acceptors (Lipinski definition) is 4. The maximum absolute atomic E-state index is 5.40. The van der Waals surface area contributed by atoms with Crippen LogP contribution in [0.2, 0.25) is 0 Å². The predicted octanol–water partition coefficient (Wildman–Crippen LogP) is 2.57. The fourth-order valence-electron chi connectivity index (χ4n) is 1.89. The molecule has 130 valence electrons. The third-order valence-corrected chi connectivity index (χ3v) is 2.95. The number of nitrogens with zero attached hydrogens (tertiary/aromatic N) is 1. The molecule has 0 amide bonds. The zero-order valence-electron chi connectivity index (χ0n) is 14.1. The zero-order chi connectivity index (χ0) is 16.4. The Morgan fingerprint density at radius 3 is 2.22 bits per heavy atom. The molecule has 0 radical (unpaired) electrons. The normalized spacial score (nSPS) is 10.3. The van der Waals surface area contributed by atoms with Crippen LogP contribution in [0.4, 0.5) is 0 Å². The average Bonchev–Trinajstić information content (AvgIpc) is 2.56. The number of aliphatic imine (C=N–C) groups is 1. The maximum Gasteiger partial charge on any atom is 0.191 e. The number of methoxy groups -OCH3 is 3. The fourth-order valence-corrected chi connectivity index (χ4v) is 1.89. The van der Waals surface area contributed by atoms with Gasteiger partial charge in [0.2, 0.25) is 0 Å². The zero-order valence-corrected chi connectivity index (χ0v) is 16.5. The monoisotopic (exact) mass is 435 g/mol. The molecule has 0 saturated carbocycles. The Morgan fingerprint density at radius 2 is 1.70 bits per heavy atom. The van der Waals surface area contributed by atoms with Crippen LogP contribution >= 0.6 is 24.0 Å². The van der Waals surface area contributed by atoms with E-state index in [9.17, 15) is 0 Å². The molecule has 1 aromatic rings. The summed E-state index contributed by atoms with van der Waals surface area (Å²) >= 11 is 0. The predicted molar refractivity (Wildman–Crippen MR) is 105 cm³/mol. The van der Waals surface area contributed by atoms with Gasteiger partial charge in [-0.15, -0.1) is 30.6 Å². The third kappa shape index (κ3) is 6.55. The van der Waals surface area contributed by atoms with Gasteiger partial charge >= 0.3 is 0 Å². The Morgan fingerprint density at radius 1 is 1.09 bits per heavy atom. The lowest BCUT2D eigenvalue weighted by atomic mass is 10.1. The molecule has 23 heavy (non-hydrogen) atoms. The van der Waals surface area contributed by atoms with E-state index in [0.717, 1.165) is 18.1 Å². The summed E-state index contributed by atoms with van der Waals surface area (Å²) in [5.41, 5.74) is 0.913. The molecule has 0 aromatic heterocycles. The minimum absolute atomic E-state index is 0. The fraction of sp³-hybridized carbons (Fsp3) is 0.438. The standard InChI is InChI=1S/C16H25N3O3.HI/c1-6-8-18-16(17-7-2)19-11-12-9-14(21-4)15(22-5)10-13(12)20-3;/h6,9-10H,1,7-8,11H2,2-5H3,(H2,17,18,19);1H. The van der Waals surface area contributed by atoms with E-state index >= 15 is 0 Å². The first kappa shape index (κ1) is 21.4. The van der Waals surface area contributed by atoms with Crippen molar-refractivity contribution >= 4 is 29.9 Å². The molecule has 0 aliphatic rings. The van der Waals surface area contributed by atoms with Crippen molar-refractivity contribution in [3.8, 4) is 17.2 Å². The smallest absolute Gasteiger partial charge is 0.191 e. The van der Waals surface area contributed by atoms with Gasteiger partial charge in [-0.1, -0.05) is 6.08 Å². The highest BCUT2D eigenvalue weighted by atomic mass is 127. The van der Waals surface area contributed by atoms with Crippen molar-refractivity contribution in [1.82, 2.24) is 10.6 Å². The van der Waals surface area contributed by atoms with E-state index in [-0.39, 0.29) is 24.0 Å². The van der Waals surface area contributed by atoms with Crippen molar-refractivity contribution in [2.24, 2.45) is 4.99 Å². The number of halogens is 1. The summed E-state index contributed by atoms with van der Waals surface area (Å²) in [6.07, 6.45) is 1.78. The number of rotatable bonds is 8. The van der Waals surface area contributed by atoms with E-state index in [1.54, 1.807) is 33.5 Å². The molecule has 1 rings (SSSR count). The van der Waals surface area contributed by atoms with Gasteiger partial charge < -0.3 is 24.8 Å². The van der Waals surface area contributed by atoms with E-state index in [0.29, 0.717) is 30.3 Å². The van der Waals surface area contributed by atoms with Gasteiger partial charge in [-0.05, 0) is 13.0 Å². The summed E-state index contributed by atoms with van der Waals surface area (Å²) in [4.78, 5) is 4.53. The van der Waals surface area contributed by atoms with E-state index < -0.39 is 0 Å². The van der Waals surface area contributed by atoms with E-state index in [1.807, 2.05) is 13.0 Å². The molecular formula is C16H26IN3O3. The molecule has 0 bridgehead atoms. The molecule has 6 nitrogen and oxygen atoms in total. The molecule has 0 spiro atoms. The van der Waals surface area contributed by atoms with E-state index in [4.69, 9.17) is 14.2 Å². The molecule has 0 fully saturated rings. The second-order valence-corrected chi connectivity index (χ2v) is 4.38. The first-order chi connectivity index (χ1) is 10.7. The number of ether oxygens (including phenoxy) is 3. The Kier molecular flexibility index (Phi) is 11.0. The van der Waals surface area contributed by atoms with Crippen LogP contribution in [-0.2, 0) is 6.54 Å². The second-order valence-electron chi connectivity index (χ2n) is 4.38. The molecule has 0 aliphatic carbocycles. The first-order valence-corrected chi connectivity index (χ1v) is 7.12. The highest BCUT2D eigenvalue weighted by Crippen LogP contribution is 2.34. The first-order valence-electron chi connectivity index (χ1n) is 7.12. The largest absolute Gasteiger partial charge is 0.496 e. The Hall–Kier alpha value is -1.64. The molecule has 2 N–H and O–H groups in total. The van der Waals surface area contributed by atoms with Gasteiger partial charge in [0.05, 0.1) is 27.9 Å². The third-order valence-electron chi connectivity index (χ3n) is 2.95. The summed E-state index contributed by atoms with van der Waals surface area (Å²) in [6, 6.07) is 3.67. The summed E-state index contributed by atoms with van der Waals surface area (Å²) in [5, 5.41) is 6.32. The van der Waals surface area contributed by atoms with Crippen LogP contribution < -0.4 is 24.8 Å². The van der Waals surface area contributed by atoms with Crippen LogP contribution in [0.3, 0.4) is 0 Å². The number of benzene rings is 1. The Bertz CT molecular complexity index is 522. The van der Waals surface area contributed by atoms with Crippen LogP contribution in [0.25, 0.3) is 0 Å². The van der Waals surface area contributed by atoms with Crippen molar-refractivity contribution in [3.05, 3.63) is 30.4 Å². The van der Waals surface area contributed by atoms with Crippen molar-refractivity contribution in [1.29, 1.82) is 0 Å². The van der Waals surface area contributed by atoms with Crippen LogP contribution in [0, 0.1) is 0 Å². The molecule has 7 heteroatoms. The van der Waals surface area contributed by atoms with Crippen molar-refractivity contribution in [3.63, 3.8) is 0 Å². The molecule has 0 heterocycles. The average molecular weight is 435 g/mol. The number of guanidine groups is 1. The topological polar surface area (TPSA) is 64.1 Å². The summed E-state index contributed by atoms with van der Waals surface area (Å²) in [6.45, 7) is 7.59. The number of hydrogen-bond donors (Lipinski definition) is 2. The molecule has 0 aliphatic heterocycles. The highest BCUT2D eigenvalue weighted by molar-refractivity contribution is 14.0. The summed E-state index contributed by atoms with van der Waals surface area (Å²) < 4.78 is 16.0. The molecule has 0 atom stereocenters. The van der Waals surface area contributed by atoms with Crippen LogP contribution in [-0.4, -0.2) is 40.4 Å². The second kappa shape index (κ2) is 11.9. The lowest BCUT2D eigenvalue weighted by molar-refractivity contribution is 0.347. The van der Waals surface area contributed by atoms with Crippen molar-refractivity contribution < 1.29 is 14.2 Å². The number of nitrogens with one attached hydrogen (secondary N) is 2. The lowest BCUT2D eigenvalue weighted by Crippen LogP contribution is -2.37. The molecule has 1 aromatic carbocycles. The van der Waals surface area contributed by atoms with E-state index in [2.05, 4.69) is 22.2 Å². The Balaban J connectivity index is 0.00000484. The quantitative estimate of drug-likeness (QED) is 0.285. The van der Waals surface area contributed by atoms with Crippen LogP contribution in [0.15, 0.2) is 29.8 Å². The van der Waals surface area contributed by atoms with Gasteiger partial charge in [0.25, 0.3) is 0 Å². The maximum atomic E-state index is 5.40. The van der Waals surface area contributed by atoms with Crippen molar-refractivity contribution in [2.75, 3.05) is 34.4 Å². The van der Waals surface area contributed by atoms with E-state index in [1.165, 1.54) is 0 Å². The van der Waals surface area contributed by atoms with Crippen LogP contribution in [0.1, 0.15) is 12.5 Å². The van der Waals surface area contributed by atoms with Gasteiger partial charge in [0.1, 0.15) is 5.75 Å². The molecular weight excluding hydrogens is 409 g/mol. The molecule has 0 saturated heterocycles. The summed E-state index contributed by atoms with van der Waals surface area (Å²) in [7, 11) is 4.82. The van der Waals surface area contributed by atoms with Gasteiger partial charge in [-0.3, -0.25) is 0 Å². The van der Waals surface area contributed by atoms with Gasteiger partial charge in [-0.25, -0.2) is 4.99 Å².